The minimum Gasteiger partial charge on any atom is -0.396 e. The normalized spacial score (nSPS) is 27.0. The second kappa shape index (κ2) is 5.13. The maximum absolute atomic E-state index is 8.94. The Morgan fingerprint density at radius 2 is 2.14 bits per heavy atom. The SMILES string of the molecule is CCCCN1CC(CCO)CC1(C)C. The number of aliphatic hydroxyl groups excluding tert-OH is 1. The first-order valence-electron chi connectivity index (χ1n) is 5.96. The number of unbranched alkanes of at least 4 members (excludes halogenated alkanes) is 1. The van der Waals surface area contributed by atoms with Gasteiger partial charge >= 0.3 is 0 Å². The van der Waals surface area contributed by atoms with Crippen LogP contribution in [-0.2, 0) is 0 Å². The Hall–Kier alpha value is -0.0800. The summed E-state index contributed by atoms with van der Waals surface area (Å²) in [5, 5.41) is 8.94. The fourth-order valence-corrected chi connectivity index (χ4v) is 2.58. The lowest BCUT2D eigenvalue weighted by Gasteiger charge is -2.31. The number of likely N-dealkylation sites (tertiary alicyclic amines) is 1. The molecule has 0 amide bonds. The van der Waals surface area contributed by atoms with Crippen LogP contribution in [0.3, 0.4) is 0 Å². The summed E-state index contributed by atoms with van der Waals surface area (Å²) in [6.07, 6.45) is 4.80. The third kappa shape index (κ3) is 2.96. The van der Waals surface area contributed by atoms with Crippen molar-refractivity contribution in [1.82, 2.24) is 4.90 Å². The minimum absolute atomic E-state index is 0.350. The summed E-state index contributed by atoms with van der Waals surface area (Å²) >= 11 is 0. The van der Waals surface area contributed by atoms with Gasteiger partial charge in [-0.2, -0.15) is 0 Å². The molecule has 1 aliphatic heterocycles. The number of nitrogens with zero attached hydrogens (tertiary/aromatic N) is 1. The summed E-state index contributed by atoms with van der Waals surface area (Å²) in [7, 11) is 0. The lowest BCUT2D eigenvalue weighted by atomic mass is 9.94. The lowest BCUT2D eigenvalue weighted by molar-refractivity contribution is 0.171. The van der Waals surface area contributed by atoms with Crippen molar-refractivity contribution in [1.29, 1.82) is 0 Å². The van der Waals surface area contributed by atoms with Gasteiger partial charge in [0.15, 0.2) is 0 Å². The summed E-state index contributed by atoms with van der Waals surface area (Å²) < 4.78 is 0. The average molecular weight is 199 g/mol. The van der Waals surface area contributed by atoms with Crippen molar-refractivity contribution in [3.05, 3.63) is 0 Å². The van der Waals surface area contributed by atoms with Crippen molar-refractivity contribution in [2.75, 3.05) is 19.7 Å². The highest BCUT2D eigenvalue weighted by Gasteiger charge is 2.36. The molecule has 1 aliphatic rings. The molecule has 2 nitrogen and oxygen atoms in total. The van der Waals surface area contributed by atoms with Crippen LogP contribution in [0.4, 0.5) is 0 Å². The summed E-state index contributed by atoms with van der Waals surface area (Å²) in [5.74, 6) is 0.715. The molecule has 1 heterocycles. The van der Waals surface area contributed by atoms with Gasteiger partial charge in [-0.25, -0.2) is 0 Å². The number of aliphatic hydroxyl groups is 1. The van der Waals surface area contributed by atoms with Crippen LogP contribution in [0.25, 0.3) is 0 Å². The van der Waals surface area contributed by atoms with Gasteiger partial charge in [-0.1, -0.05) is 13.3 Å². The maximum atomic E-state index is 8.94. The van der Waals surface area contributed by atoms with Gasteiger partial charge in [0.25, 0.3) is 0 Å². The molecule has 0 aromatic heterocycles. The molecule has 84 valence electrons. The van der Waals surface area contributed by atoms with E-state index in [0.717, 1.165) is 6.42 Å². The molecule has 0 aliphatic carbocycles. The van der Waals surface area contributed by atoms with Gasteiger partial charge in [0.1, 0.15) is 0 Å². The van der Waals surface area contributed by atoms with Crippen molar-refractivity contribution >= 4 is 0 Å². The van der Waals surface area contributed by atoms with Crippen LogP contribution < -0.4 is 0 Å². The fourth-order valence-electron chi connectivity index (χ4n) is 2.58. The van der Waals surface area contributed by atoms with Gasteiger partial charge in [0.05, 0.1) is 0 Å². The van der Waals surface area contributed by atoms with E-state index in [0.29, 0.717) is 18.1 Å². The van der Waals surface area contributed by atoms with Crippen LogP contribution in [0.1, 0.15) is 46.5 Å². The van der Waals surface area contributed by atoms with E-state index in [-0.39, 0.29) is 0 Å². The van der Waals surface area contributed by atoms with Gasteiger partial charge in [0.2, 0.25) is 0 Å². The van der Waals surface area contributed by atoms with E-state index in [2.05, 4.69) is 25.7 Å². The highest BCUT2D eigenvalue weighted by molar-refractivity contribution is 4.92. The predicted molar refractivity (Wildman–Crippen MR) is 60.4 cm³/mol. The van der Waals surface area contributed by atoms with Gasteiger partial charge < -0.3 is 5.11 Å². The average Bonchev–Trinajstić information content (AvgIpc) is 2.38. The molecular formula is C12H25NO. The molecule has 0 aromatic carbocycles. The first kappa shape index (κ1) is 12.0. The molecular weight excluding hydrogens is 174 g/mol. The van der Waals surface area contributed by atoms with Crippen molar-refractivity contribution in [3.8, 4) is 0 Å². The smallest absolute Gasteiger partial charge is 0.0434 e. The van der Waals surface area contributed by atoms with Crippen molar-refractivity contribution < 1.29 is 5.11 Å². The standard InChI is InChI=1S/C12H25NO/c1-4-5-7-13-10-11(6-8-14)9-12(13,2)3/h11,14H,4-10H2,1-3H3. The van der Waals surface area contributed by atoms with E-state index >= 15 is 0 Å². The Balaban J connectivity index is 2.42. The number of rotatable bonds is 5. The molecule has 1 N–H and O–H groups in total. The second-order valence-electron chi connectivity index (χ2n) is 5.19. The first-order valence-corrected chi connectivity index (χ1v) is 5.96. The lowest BCUT2D eigenvalue weighted by Crippen LogP contribution is -2.38. The highest BCUT2D eigenvalue weighted by Crippen LogP contribution is 2.34. The molecule has 1 rings (SSSR count). The molecule has 1 saturated heterocycles. The summed E-state index contributed by atoms with van der Waals surface area (Å²) in [6, 6.07) is 0. The van der Waals surface area contributed by atoms with E-state index in [9.17, 15) is 0 Å². The molecule has 1 fully saturated rings. The largest absolute Gasteiger partial charge is 0.396 e. The molecule has 2 heteroatoms. The van der Waals surface area contributed by atoms with Crippen LogP contribution in [-0.4, -0.2) is 35.2 Å². The van der Waals surface area contributed by atoms with Gasteiger partial charge in [-0.15, -0.1) is 0 Å². The molecule has 0 bridgehead atoms. The maximum Gasteiger partial charge on any atom is 0.0434 e. The van der Waals surface area contributed by atoms with E-state index < -0.39 is 0 Å². The number of hydrogen-bond donors (Lipinski definition) is 1. The Morgan fingerprint density at radius 3 is 2.71 bits per heavy atom. The van der Waals surface area contributed by atoms with Crippen LogP contribution >= 0.6 is 0 Å². The highest BCUT2D eigenvalue weighted by atomic mass is 16.3. The van der Waals surface area contributed by atoms with Crippen LogP contribution in [0.2, 0.25) is 0 Å². The van der Waals surface area contributed by atoms with Gasteiger partial charge in [0, 0.05) is 18.7 Å². The zero-order chi connectivity index (χ0) is 10.6. The molecule has 14 heavy (non-hydrogen) atoms. The van der Waals surface area contributed by atoms with Crippen LogP contribution in [0.5, 0.6) is 0 Å². The van der Waals surface area contributed by atoms with Crippen molar-refractivity contribution in [2.45, 2.75) is 52.0 Å². The topological polar surface area (TPSA) is 23.5 Å². The third-order valence-corrected chi connectivity index (χ3v) is 3.44. The second-order valence-corrected chi connectivity index (χ2v) is 5.19. The molecule has 1 atom stereocenters. The zero-order valence-corrected chi connectivity index (χ0v) is 9.92. The summed E-state index contributed by atoms with van der Waals surface area (Å²) in [5.41, 5.74) is 0.356. The summed E-state index contributed by atoms with van der Waals surface area (Å²) in [4.78, 5) is 2.59. The Bertz CT molecular complexity index is 168. The van der Waals surface area contributed by atoms with E-state index in [4.69, 9.17) is 5.11 Å². The van der Waals surface area contributed by atoms with E-state index in [1.165, 1.54) is 32.4 Å². The Kier molecular flexibility index (Phi) is 4.39. The third-order valence-electron chi connectivity index (χ3n) is 3.44. The number of hydrogen-bond acceptors (Lipinski definition) is 2. The molecule has 0 radical (unpaired) electrons. The van der Waals surface area contributed by atoms with E-state index in [1.807, 2.05) is 0 Å². The van der Waals surface area contributed by atoms with Crippen LogP contribution in [0.15, 0.2) is 0 Å². The summed E-state index contributed by atoms with van der Waals surface area (Å²) in [6.45, 7) is 9.68. The first-order chi connectivity index (χ1) is 6.60. The molecule has 0 aromatic rings. The Labute approximate surface area is 88.3 Å². The Morgan fingerprint density at radius 1 is 1.43 bits per heavy atom. The van der Waals surface area contributed by atoms with Crippen LogP contribution in [0, 0.1) is 5.92 Å². The fraction of sp³-hybridized carbons (Fsp3) is 1.00. The minimum atomic E-state index is 0.350. The van der Waals surface area contributed by atoms with E-state index in [1.54, 1.807) is 0 Å². The van der Waals surface area contributed by atoms with Crippen molar-refractivity contribution in [2.24, 2.45) is 5.92 Å². The predicted octanol–water partition coefficient (Wildman–Crippen LogP) is 2.27. The molecule has 0 spiro atoms. The van der Waals surface area contributed by atoms with Gasteiger partial charge in [-0.3, -0.25) is 4.90 Å². The van der Waals surface area contributed by atoms with Crippen molar-refractivity contribution in [3.63, 3.8) is 0 Å². The quantitative estimate of drug-likeness (QED) is 0.734. The molecule has 1 unspecified atom stereocenters. The van der Waals surface area contributed by atoms with Gasteiger partial charge in [-0.05, 0) is 45.6 Å². The molecule has 0 saturated carbocycles. The monoisotopic (exact) mass is 199 g/mol. The zero-order valence-electron chi connectivity index (χ0n) is 9.92.